The second-order valence-electron chi connectivity index (χ2n) is 8.21. The van der Waals surface area contributed by atoms with Gasteiger partial charge >= 0.3 is 5.97 Å². The Kier molecular flexibility index (Phi) is 4.65. The summed E-state index contributed by atoms with van der Waals surface area (Å²) in [4.78, 5) is 25.3. The second-order valence-corrected chi connectivity index (χ2v) is 8.21. The van der Waals surface area contributed by atoms with E-state index in [0.717, 1.165) is 37.7 Å². The summed E-state index contributed by atoms with van der Waals surface area (Å²) in [6, 6.07) is 1.72. The lowest BCUT2D eigenvalue weighted by molar-refractivity contribution is -0.167. The summed E-state index contributed by atoms with van der Waals surface area (Å²) < 4.78 is 10.2. The molecule has 0 spiro atoms. The maximum Gasteiger partial charge on any atom is 0.311 e. The Morgan fingerprint density at radius 2 is 2.12 bits per heavy atom. The van der Waals surface area contributed by atoms with Crippen molar-refractivity contribution in [2.24, 2.45) is 22.7 Å². The lowest BCUT2D eigenvalue weighted by Gasteiger charge is -2.57. The smallest absolute Gasteiger partial charge is 0.311 e. The molecule has 0 radical (unpaired) electrons. The van der Waals surface area contributed by atoms with Crippen molar-refractivity contribution in [2.75, 3.05) is 7.11 Å². The van der Waals surface area contributed by atoms with E-state index >= 15 is 0 Å². The number of carbonyl (C=O) groups excluding carboxylic acids is 2. The maximum atomic E-state index is 12.7. The first kappa shape index (κ1) is 18.0. The molecular weight excluding hydrogens is 316 g/mol. The number of hydrogen-bond donors (Lipinski definition) is 0. The van der Waals surface area contributed by atoms with Crippen molar-refractivity contribution in [3.05, 3.63) is 36.3 Å². The molecule has 136 valence electrons. The number of allylic oxidation sites excluding steroid dienone is 1. The van der Waals surface area contributed by atoms with Crippen LogP contribution in [-0.2, 0) is 9.53 Å². The van der Waals surface area contributed by atoms with E-state index in [1.165, 1.54) is 19.6 Å². The molecular formula is C21H28O4. The van der Waals surface area contributed by atoms with Crippen molar-refractivity contribution in [1.82, 2.24) is 0 Å². The second kappa shape index (κ2) is 6.47. The highest BCUT2D eigenvalue weighted by molar-refractivity contribution is 5.96. The predicted octanol–water partition coefficient (Wildman–Crippen LogP) is 4.80. The highest BCUT2D eigenvalue weighted by Crippen LogP contribution is 2.62. The van der Waals surface area contributed by atoms with E-state index in [0.29, 0.717) is 12.0 Å². The number of furan rings is 1. The predicted molar refractivity (Wildman–Crippen MR) is 95.1 cm³/mol. The standard InChI is InChI=1S/C21H28O4/c1-14-6-7-18-20(2,9-5-10-21(18,3)19(23)24-4)16(14)12-17(22)15-8-11-25-13-15/h8,11,13,16,18H,1,5-7,9-10,12H2,2-4H3/t16-,18?,20+,21-/m1/s1. The maximum absolute atomic E-state index is 12.7. The third-order valence-corrected chi connectivity index (χ3v) is 6.90. The number of carbonyl (C=O) groups is 2. The first-order valence-corrected chi connectivity index (χ1v) is 9.14. The summed E-state index contributed by atoms with van der Waals surface area (Å²) in [5.41, 5.74) is 1.18. The lowest BCUT2D eigenvalue weighted by atomic mass is 9.46. The Balaban J connectivity index is 1.91. The minimum atomic E-state index is -0.473. The third kappa shape index (κ3) is 2.86. The molecule has 1 aromatic rings. The molecule has 4 atom stereocenters. The summed E-state index contributed by atoms with van der Waals surface area (Å²) in [5.74, 6) is 0.287. The molecule has 4 heteroatoms. The summed E-state index contributed by atoms with van der Waals surface area (Å²) >= 11 is 0. The van der Waals surface area contributed by atoms with Gasteiger partial charge in [0.15, 0.2) is 5.78 Å². The molecule has 1 aromatic heterocycles. The van der Waals surface area contributed by atoms with Crippen molar-refractivity contribution in [3.63, 3.8) is 0 Å². The molecule has 1 heterocycles. The topological polar surface area (TPSA) is 56.5 Å². The van der Waals surface area contributed by atoms with Gasteiger partial charge in [-0.3, -0.25) is 9.59 Å². The summed E-state index contributed by atoms with van der Waals surface area (Å²) in [7, 11) is 1.47. The summed E-state index contributed by atoms with van der Waals surface area (Å²) in [6.07, 6.45) is 8.13. The van der Waals surface area contributed by atoms with Crippen LogP contribution in [-0.4, -0.2) is 18.9 Å². The minimum absolute atomic E-state index is 0.0899. The van der Waals surface area contributed by atoms with Crippen LogP contribution in [0.1, 0.15) is 62.7 Å². The molecule has 2 aliphatic carbocycles. The monoisotopic (exact) mass is 344 g/mol. The quantitative estimate of drug-likeness (QED) is 0.447. The highest BCUT2D eigenvalue weighted by Gasteiger charge is 2.58. The first-order chi connectivity index (χ1) is 11.8. The van der Waals surface area contributed by atoms with Gasteiger partial charge in [-0.05, 0) is 55.9 Å². The zero-order valence-corrected chi connectivity index (χ0v) is 15.5. The van der Waals surface area contributed by atoms with Gasteiger partial charge in [-0.2, -0.15) is 0 Å². The average molecular weight is 344 g/mol. The van der Waals surface area contributed by atoms with Gasteiger partial charge < -0.3 is 9.15 Å². The zero-order valence-electron chi connectivity index (χ0n) is 15.5. The van der Waals surface area contributed by atoms with Crippen LogP contribution in [0.25, 0.3) is 0 Å². The molecule has 0 aliphatic heterocycles. The number of ether oxygens (including phenoxy) is 1. The van der Waals surface area contributed by atoms with Gasteiger partial charge in [-0.25, -0.2) is 0 Å². The van der Waals surface area contributed by atoms with E-state index < -0.39 is 5.41 Å². The average Bonchev–Trinajstić information content (AvgIpc) is 3.11. The summed E-state index contributed by atoms with van der Waals surface area (Å²) in [5, 5.41) is 0. The number of rotatable bonds is 4. The van der Waals surface area contributed by atoms with Gasteiger partial charge in [0.2, 0.25) is 0 Å². The molecule has 2 saturated carbocycles. The van der Waals surface area contributed by atoms with E-state index in [4.69, 9.17) is 9.15 Å². The Bertz CT molecular complexity index is 674. The first-order valence-electron chi connectivity index (χ1n) is 9.14. The van der Waals surface area contributed by atoms with Gasteiger partial charge in [0.25, 0.3) is 0 Å². The van der Waals surface area contributed by atoms with E-state index in [9.17, 15) is 9.59 Å². The molecule has 3 rings (SSSR count). The Morgan fingerprint density at radius 3 is 2.76 bits per heavy atom. The Labute approximate surface area is 149 Å². The fraction of sp³-hybridized carbons (Fsp3) is 0.619. The number of Topliss-reactive ketones (excluding diaryl/α,β-unsaturated/α-hetero) is 1. The molecule has 25 heavy (non-hydrogen) atoms. The Morgan fingerprint density at radius 1 is 1.36 bits per heavy atom. The SMILES string of the molecule is C=C1CCC2[C@](C)(C(=O)OC)CCC[C@@]2(C)[C@@H]1CC(=O)c1ccoc1. The van der Waals surface area contributed by atoms with Crippen LogP contribution >= 0.6 is 0 Å². The van der Waals surface area contributed by atoms with Gasteiger partial charge in [0.05, 0.1) is 24.4 Å². The van der Waals surface area contributed by atoms with Gasteiger partial charge in [0, 0.05) is 6.42 Å². The van der Waals surface area contributed by atoms with Crippen LogP contribution in [0, 0.1) is 22.7 Å². The van der Waals surface area contributed by atoms with Gasteiger partial charge in [-0.1, -0.05) is 25.5 Å². The third-order valence-electron chi connectivity index (χ3n) is 6.90. The molecule has 2 fully saturated rings. The number of hydrogen-bond acceptors (Lipinski definition) is 4. The molecule has 0 saturated heterocycles. The summed E-state index contributed by atoms with van der Waals surface area (Å²) in [6.45, 7) is 8.58. The number of methoxy groups -OCH3 is 1. The molecule has 0 aromatic carbocycles. The van der Waals surface area contributed by atoms with Crippen molar-refractivity contribution in [2.45, 2.75) is 52.4 Å². The van der Waals surface area contributed by atoms with Crippen LogP contribution in [0.3, 0.4) is 0 Å². The molecule has 0 amide bonds. The Hall–Kier alpha value is -1.84. The number of esters is 1. The van der Waals surface area contributed by atoms with Crippen LogP contribution in [0.2, 0.25) is 0 Å². The zero-order chi connectivity index (χ0) is 18.2. The van der Waals surface area contributed by atoms with Crippen LogP contribution < -0.4 is 0 Å². The molecule has 1 unspecified atom stereocenters. The fourth-order valence-corrected chi connectivity index (χ4v) is 5.53. The van der Waals surface area contributed by atoms with Crippen LogP contribution in [0.5, 0.6) is 0 Å². The molecule has 4 nitrogen and oxygen atoms in total. The van der Waals surface area contributed by atoms with Crippen molar-refractivity contribution >= 4 is 11.8 Å². The van der Waals surface area contributed by atoms with Crippen LogP contribution in [0.4, 0.5) is 0 Å². The van der Waals surface area contributed by atoms with Crippen molar-refractivity contribution in [1.29, 1.82) is 0 Å². The van der Waals surface area contributed by atoms with E-state index in [2.05, 4.69) is 13.5 Å². The molecule has 0 N–H and O–H groups in total. The highest BCUT2D eigenvalue weighted by atomic mass is 16.5. The number of ketones is 1. The van der Waals surface area contributed by atoms with Gasteiger partial charge in [0.1, 0.15) is 6.26 Å². The van der Waals surface area contributed by atoms with Crippen LogP contribution in [0.15, 0.2) is 35.2 Å². The largest absolute Gasteiger partial charge is 0.472 e. The normalized spacial score (nSPS) is 35.1. The molecule has 2 aliphatic rings. The lowest BCUT2D eigenvalue weighted by Crippen LogP contribution is -2.54. The number of fused-ring (bicyclic) bond motifs is 1. The fourth-order valence-electron chi connectivity index (χ4n) is 5.53. The molecule has 0 bridgehead atoms. The van der Waals surface area contributed by atoms with Crippen molar-refractivity contribution < 1.29 is 18.7 Å². The van der Waals surface area contributed by atoms with E-state index in [1.54, 1.807) is 6.07 Å². The minimum Gasteiger partial charge on any atom is -0.472 e. The van der Waals surface area contributed by atoms with Crippen molar-refractivity contribution in [3.8, 4) is 0 Å². The van der Waals surface area contributed by atoms with E-state index in [1.807, 2.05) is 6.92 Å². The van der Waals surface area contributed by atoms with Gasteiger partial charge in [-0.15, -0.1) is 0 Å². The van der Waals surface area contributed by atoms with E-state index in [-0.39, 0.29) is 29.0 Å².